The van der Waals surface area contributed by atoms with E-state index in [-0.39, 0.29) is 0 Å². The monoisotopic (exact) mass is 444 g/mol. The highest BCUT2D eigenvalue weighted by atomic mass is 28.4. The first-order valence-corrected chi connectivity index (χ1v) is 12.3. The summed E-state index contributed by atoms with van der Waals surface area (Å²) >= 11 is 0. The van der Waals surface area contributed by atoms with Gasteiger partial charge in [0.15, 0.2) is 0 Å². The number of hydrogen-bond donors (Lipinski definition) is 0. The van der Waals surface area contributed by atoms with Crippen LogP contribution in [0.25, 0.3) is 0 Å². The van der Waals surface area contributed by atoms with E-state index < -0.39 is 17.6 Å². The average molecular weight is 445 g/mol. The lowest BCUT2D eigenvalue weighted by atomic mass is 10.2. The third-order valence-electron chi connectivity index (χ3n) is 4.42. The van der Waals surface area contributed by atoms with E-state index >= 15 is 0 Å². The van der Waals surface area contributed by atoms with Crippen LogP contribution >= 0.6 is 0 Å². The molecule has 0 aliphatic carbocycles. The Bertz CT molecular complexity index is 755. The minimum absolute atomic E-state index is 0.824. The van der Waals surface area contributed by atoms with Crippen LogP contribution in [0.4, 0.5) is 0 Å². The largest absolute Gasteiger partial charge is 0.536 e. The molecule has 0 heterocycles. The van der Waals surface area contributed by atoms with Crippen LogP contribution in [0.15, 0.2) is 48.5 Å². The Labute approximate surface area is 181 Å². The number of benzene rings is 2. The van der Waals surface area contributed by atoms with E-state index in [9.17, 15) is 0 Å². The molecule has 0 aromatic heterocycles. The minimum atomic E-state index is -2.70. The van der Waals surface area contributed by atoms with Crippen molar-refractivity contribution in [2.45, 2.75) is 0 Å². The molecule has 30 heavy (non-hydrogen) atoms. The molecule has 8 heteroatoms. The van der Waals surface area contributed by atoms with E-state index in [0.717, 1.165) is 21.5 Å². The second kappa shape index (κ2) is 12.4. The van der Waals surface area contributed by atoms with Gasteiger partial charge in [0.05, 0.1) is 0 Å². The van der Waals surface area contributed by atoms with Gasteiger partial charge in [-0.05, 0) is 24.3 Å². The zero-order chi connectivity index (χ0) is 22.6. The van der Waals surface area contributed by atoms with E-state index in [1.165, 1.54) is 0 Å². The molecule has 0 aliphatic rings. The van der Waals surface area contributed by atoms with E-state index in [1.807, 2.05) is 48.5 Å². The van der Waals surface area contributed by atoms with Crippen molar-refractivity contribution in [3.05, 3.63) is 59.7 Å². The normalized spacial score (nSPS) is 11.1. The molecule has 0 bridgehead atoms. The van der Waals surface area contributed by atoms with Crippen LogP contribution in [-0.2, 0) is 26.6 Å². The van der Waals surface area contributed by atoms with E-state index in [1.54, 1.807) is 42.7 Å². The molecule has 0 radical (unpaired) electrons. The number of rotatable bonds is 8. The van der Waals surface area contributed by atoms with Gasteiger partial charge in [-0.15, -0.1) is 12.8 Å². The Kier molecular flexibility index (Phi) is 10.7. The molecular weight excluding hydrogens is 416 g/mol. The van der Waals surface area contributed by atoms with Crippen LogP contribution in [0, 0.1) is 24.7 Å². The summed E-state index contributed by atoms with van der Waals surface area (Å²) in [5.41, 5.74) is 1.65. The van der Waals surface area contributed by atoms with E-state index in [0.29, 0.717) is 0 Å². The Hall–Kier alpha value is -2.25. The van der Waals surface area contributed by atoms with Crippen molar-refractivity contribution >= 4 is 28.0 Å². The summed E-state index contributed by atoms with van der Waals surface area (Å²) in [6.07, 6.45) is 10.5. The SMILES string of the molecule is C#Cc1ccc([Si](OC)(OC)OC)cc1.C#Cc1ccc([Si](OC)(OC)OC)cc1. The first-order chi connectivity index (χ1) is 14.4. The molecule has 160 valence electrons. The second-order valence-corrected chi connectivity index (χ2v) is 11.6. The van der Waals surface area contributed by atoms with Gasteiger partial charge in [0, 0.05) is 64.2 Å². The molecule has 0 atom stereocenters. The van der Waals surface area contributed by atoms with Gasteiger partial charge in [-0.1, -0.05) is 36.1 Å². The number of hydrogen-bond acceptors (Lipinski definition) is 6. The lowest BCUT2D eigenvalue weighted by molar-refractivity contribution is 0.140. The Morgan fingerprint density at radius 2 is 0.733 bits per heavy atom. The highest BCUT2D eigenvalue weighted by Crippen LogP contribution is 2.08. The summed E-state index contributed by atoms with van der Waals surface area (Å²) in [7, 11) is 4.07. The van der Waals surface area contributed by atoms with Crippen molar-refractivity contribution in [1.82, 2.24) is 0 Å². The van der Waals surface area contributed by atoms with Gasteiger partial charge in [-0.2, -0.15) is 0 Å². The molecule has 0 N–H and O–H groups in total. The summed E-state index contributed by atoms with van der Waals surface area (Å²) in [4.78, 5) is 0. The third kappa shape index (κ3) is 5.89. The lowest BCUT2D eigenvalue weighted by Gasteiger charge is -2.24. The molecule has 0 amide bonds. The van der Waals surface area contributed by atoms with Crippen LogP contribution in [0.2, 0.25) is 0 Å². The van der Waals surface area contributed by atoms with Gasteiger partial charge < -0.3 is 26.6 Å². The van der Waals surface area contributed by atoms with Crippen LogP contribution in [-0.4, -0.2) is 60.3 Å². The summed E-state index contributed by atoms with van der Waals surface area (Å²) in [6, 6.07) is 14.9. The smallest absolute Gasteiger partial charge is 0.373 e. The van der Waals surface area contributed by atoms with Gasteiger partial charge in [0.2, 0.25) is 0 Å². The molecule has 0 unspecified atom stereocenters. The summed E-state index contributed by atoms with van der Waals surface area (Å²) in [5.74, 6) is 5.11. The molecule has 0 saturated heterocycles. The molecule has 2 aromatic rings. The van der Waals surface area contributed by atoms with Crippen molar-refractivity contribution in [2.75, 3.05) is 42.7 Å². The van der Waals surface area contributed by atoms with E-state index in [2.05, 4.69) is 11.8 Å². The predicted molar refractivity (Wildman–Crippen MR) is 122 cm³/mol. The fourth-order valence-corrected chi connectivity index (χ4v) is 6.31. The molecular formula is C22H28O6Si2. The Morgan fingerprint density at radius 1 is 0.500 bits per heavy atom. The zero-order valence-electron chi connectivity index (χ0n) is 18.2. The number of terminal acetylenes is 2. The molecule has 0 aliphatic heterocycles. The van der Waals surface area contributed by atoms with Gasteiger partial charge in [0.25, 0.3) is 0 Å². The minimum Gasteiger partial charge on any atom is -0.373 e. The molecule has 0 spiro atoms. The van der Waals surface area contributed by atoms with Crippen LogP contribution in [0.5, 0.6) is 0 Å². The predicted octanol–water partition coefficient (Wildman–Crippen LogP) is 1.51. The van der Waals surface area contributed by atoms with Crippen molar-refractivity contribution in [1.29, 1.82) is 0 Å². The Morgan fingerprint density at radius 3 is 0.900 bits per heavy atom. The fraction of sp³-hybridized carbons (Fsp3) is 0.273. The van der Waals surface area contributed by atoms with Crippen molar-refractivity contribution in [3.8, 4) is 24.7 Å². The zero-order valence-corrected chi connectivity index (χ0v) is 20.2. The maximum absolute atomic E-state index is 5.34. The van der Waals surface area contributed by atoms with Gasteiger partial charge in [0.1, 0.15) is 0 Å². The summed E-state index contributed by atoms with van der Waals surface area (Å²) in [6.45, 7) is 0. The fourth-order valence-electron chi connectivity index (χ4n) is 2.75. The molecule has 0 saturated carbocycles. The highest BCUT2D eigenvalue weighted by Gasteiger charge is 2.41. The molecule has 2 aromatic carbocycles. The maximum Gasteiger partial charge on any atom is 0.536 e. The van der Waals surface area contributed by atoms with Gasteiger partial charge >= 0.3 is 17.6 Å². The topological polar surface area (TPSA) is 55.4 Å². The van der Waals surface area contributed by atoms with Crippen LogP contribution in [0.1, 0.15) is 11.1 Å². The van der Waals surface area contributed by atoms with Crippen molar-refractivity contribution in [2.24, 2.45) is 0 Å². The van der Waals surface area contributed by atoms with Gasteiger partial charge in [-0.3, -0.25) is 0 Å². The average Bonchev–Trinajstić information content (AvgIpc) is 2.83. The molecule has 6 nitrogen and oxygen atoms in total. The van der Waals surface area contributed by atoms with Crippen molar-refractivity contribution < 1.29 is 26.6 Å². The summed E-state index contributed by atoms with van der Waals surface area (Å²) in [5, 5.41) is 1.79. The standard InChI is InChI=1S/2C11H14O3Si/c2*1-5-10-6-8-11(9-7-10)15(12-2,13-3)14-4/h2*1,6-9H,2-4H3. The highest BCUT2D eigenvalue weighted by molar-refractivity contribution is 6.75. The van der Waals surface area contributed by atoms with Gasteiger partial charge in [-0.25, -0.2) is 0 Å². The van der Waals surface area contributed by atoms with Crippen LogP contribution in [0.3, 0.4) is 0 Å². The molecule has 2 rings (SSSR count). The second-order valence-electron chi connectivity index (χ2n) is 5.78. The first kappa shape index (κ1) is 25.8. The quantitative estimate of drug-likeness (QED) is 0.454. The Balaban J connectivity index is 0.000000300. The van der Waals surface area contributed by atoms with E-state index in [4.69, 9.17) is 39.4 Å². The maximum atomic E-state index is 5.34. The molecule has 0 fully saturated rings. The summed E-state index contributed by atoms with van der Waals surface area (Å²) < 4.78 is 32.0. The lowest BCUT2D eigenvalue weighted by Crippen LogP contribution is -2.54. The van der Waals surface area contributed by atoms with Crippen molar-refractivity contribution in [3.63, 3.8) is 0 Å². The third-order valence-corrected chi connectivity index (χ3v) is 9.73. The first-order valence-electron chi connectivity index (χ1n) is 8.89. The van der Waals surface area contributed by atoms with Crippen LogP contribution < -0.4 is 10.4 Å².